The Morgan fingerprint density at radius 1 is 0.205 bits per heavy atom. The molecule has 0 amide bonds. The second-order valence-corrected chi connectivity index (χ2v) is 33.5. The monoisotopic (exact) mass is 1070 g/mol. The Morgan fingerprint density at radius 2 is 0.436 bits per heavy atom. The predicted octanol–water partition coefficient (Wildman–Crippen LogP) is 23.8. The van der Waals surface area contributed by atoms with Crippen LogP contribution in [0.15, 0.2) is 23.3 Å². The molecule has 0 N–H and O–H groups in total. The maximum atomic E-state index is 3.29. The Kier molecular flexibility index (Phi) is 20.5. The third kappa shape index (κ3) is 13.6. The highest BCUT2D eigenvalue weighted by atomic mass is 14.6. The van der Waals surface area contributed by atoms with Crippen molar-refractivity contribution in [2.24, 2.45) is 142 Å². The Bertz CT molecular complexity index is 1590. The first kappa shape index (κ1) is 57.9. The van der Waals surface area contributed by atoms with Gasteiger partial charge >= 0.3 is 0 Å². The Hall–Kier alpha value is -0.520. The van der Waals surface area contributed by atoms with Crippen molar-refractivity contribution in [3.8, 4) is 0 Å². The minimum absolute atomic E-state index is 0.904. The molecule has 12 fully saturated rings. The first-order valence-corrected chi connectivity index (χ1v) is 37.7. The van der Waals surface area contributed by atoms with Crippen LogP contribution in [-0.4, -0.2) is 0 Å². The molecule has 8 atom stereocenters. The van der Waals surface area contributed by atoms with Crippen LogP contribution in [0.2, 0.25) is 0 Å². The van der Waals surface area contributed by atoms with Gasteiger partial charge in [-0.05, 0) is 245 Å². The largest absolute Gasteiger partial charge is 0.0811 e. The summed E-state index contributed by atoms with van der Waals surface area (Å²) in [4.78, 5) is 0. The molecule has 0 heteroatoms. The fourth-order valence-electron chi connectivity index (χ4n) is 24.6. The molecule has 0 bridgehead atoms. The van der Waals surface area contributed by atoms with E-state index in [1.807, 2.05) is 0 Å². The third-order valence-electron chi connectivity index (χ3n) is 29.0. The number of allylic oxidation sites excluding steroid dienone is 4. The van der Waals surface area contributed by atoms with Gasteiger partial charge in [0.2, 0.25) is 0 Å². The summed E-state index contributed by atoms with van der Waals surface area (Å²) in [6, 6.07) is 0. The van der Waals surface area contributed by atoms with E-state index in [-0.39, 0.29) is 0 Å². The van der Waals surface area contributed by atoms with Crippen molar-refractivity contribution in [1.82, 2.24) is 0 Å². The summed E-state index contributed by atoms with van der Waals surface area (Å²) in [5, 5.41) is 0. The lowest BCUT2D eigenvalue weighted by atomic mass is 9.48. The van der Waals surface area contributed by atoms with Gasteiger partial charge in [-0.25, -0.2) is 0 Å². The van der Waals surface area contributed by atoms with Crippen molar-refractivity contribution in [3.05, 3.63) is 23.3 Å². The van der Waals surface area contributed by atoms with Crippen LogP contribution in [0.4, 0.5) is 0 Å². The van der Waals surface area contributed by atoms with Crippen LogP contribution in [0.5, 0.6) is 0 Å². The number of hydrogen-bond donors (Lipinski definition) is 0. The van der Waals surface area contributed by atoms with E-state index in [0.717, 1.165) is 142 Å². The molecule has 0 radical (unpaired) electrons. The van der Waals surface area contributed by atoms with Gasteiger partial charge in [-0.1, -0.05) is 244 Å². The van der Waals surface area contributed by atoms with Crippen molar-refractivity contribution < 1.29 is 0 Å². The zero-order valence-corrected chi connectivity index (χ0v) is 52.5. The number of fused-ring (bicyclic) bond motifs is 1. The Labute approximate surface area is 485 Å². The van der Waals surface area contributed by atoms with Crippen molar-refractivity contribution >= 4 is 0 Å². The molecular weight excluding hydrogens is 937 g/mol. The molecule has 0 nitrogen and oxygen atoms in total. The van der Waals surface area contributed by atoms with Gasteiger partial charge < -0.3 is 0 Å². The zero-order chi connectivity index (χ0) is 53.0. The standard InChI is InChI=1S/C78H130/c1-53-29-37-61(38-30-53)71(62-39-31-54(2)32-40-62)51-77-73(57-19-9-5-10-20-57)47-65(48-74(77)58-21-11-6-12-22-58)67-45-46-68(70-28-18-17-27-69(67)70)66-49-75(59-23-13-7-14-24-59)78(76(50-66)60-25-15-8-16-26-60)52-72(63-41-33-55(3)34-42-63)64-43-35-56(4)36-44-64/h51-70,73-78H,5-50H2,1-4H3. The van der Waals surface area contributed by atoms with Crippen molar-refractivity contribution in [2.45, 2.75) is 323 Å². The lowest BCUT2D eigenvalue weighted by molar-refractivity contribution is -0.0684. The zero-order valence-electron chi connectivity index (χ0n) is 52.5. The highest BCUT2D eigenvalue weighted by molar-refractivity contribution is 5.20. The molecule has 0 aliphatic heterocycles. The van der Waals surface area contributed by atoms with E-state index in [1.54, 1.807) is 167 Å². The summed E-state index contributed by atoms with van der Waals surface area (Å²) in [6.45, 7) is 10.3. The Morgan fingerprint density at radius 3 is 0.679 bits per heavy atom. The normalized spacial score (nSPS) is 45.4. The van der Waals surface area contributed by atoms with Gasteiger partial charge in [0.15, 0.2) is 0 Å². The second kappa shape index (κ2) is 27.7. The molecule has 12 aliphatic carbocycles. The van der Waals surface area contributed by atoms with Gasteiger partial charge in [0.05, 0.1) is 0 Å². The van der Waals surface area contributed by atoms with Crippen LogP contribution in [0.1, 0.15) is 323 Å². The van der Waals surface area contributed by atoms with Crippen LogP contribution in [0, 0.1) is 142 Å². The van der Waals surface area contributed by atoms with E-state index in [1.165, 1.54) is 128 Å². The van der Waals surface area contributed by atoms with E-state index in [4.69, 9.17) is 0 Å². The molecule has 442 valence electrons. The number of hydrogen-bond acceptors (Lipinski definition) is 0. The fraction of sp³-hybridized carbons (Fsp3) is 0.949. The molecule has 0 heterocycles. The van der Waals surface area contributed by atoms with Crippen LogP contribution < -0.4 is 0 Å². The quantitative estimate of drug-likeness (QED) is 0.171. The van der Waals surface area contributed by atoms with Gasteiger partial charge in [0, 0.05) is 0 Å². The average molecular weight is 1070 g/mol. The summed E-state index contributed by atoms with van der Waals surface area (Å²) < 4.78 is 0. The van der Waals surface area contributed by atoms with Gasteiger partial charge in [0.25, 0.3) is 0 Å². The Balaban J connectivity index is 0.854. The van der Waals surface area contributed by atoms with Gasteiger partial charge in [-0.2, -0.15) is 0 Å². The molecule has 0 aromatic carbocycles. The molecule has 12 saturated carbocycles. The minimum atomic E-state index is 0.904. The van der Waals surface area contributed by atoms with Crippen LogP contribution in [-0.2, 0) is 0 Å². The van der Waals surface area contributed by atoms with Crippen LogP contribution in [0.3, 0.4) is 0 Å². The molecule has 0 aromatic heterocycles. The highest BCUT2D eigenvalue weighted by Crippen LogP contribution is 2.63. The van der Waals surface area contributed by atoms with Crippen LogP contribution >= 0.6 is 0 Å². The smallest absolute Gasteiger partial charge is 0.0168 e. The van der Waals surface area contributed by atoms with Gasteiger partial charge in [0.1, 0.15) is 0 Å². The maximum absolute atomic E-state index is 3.29. The molecule has 12 aliphatic rings. The van der Waals surface area contributed by atoms with Crippen molar-refractivity contribution in [2.75, 3.05) is 0 Å². The summed E-state index contributed by atoms with van der Waals surface area (Å²) in [6.07, 6.45) is 78.2. The summed E-state index contributed by atoms with van der Waals surface area (Å²) in [5.41, 5.74) is 4.19. The fourth-order valence-corrected chi connectivity index (χ4v) is 24.6. The van der Waals surface area contributed by atoms with Crippen LogP contribution in [0.25, 0.3) is 0 Å². The molecule has 0 spiro atoms. The molecule has 78 heavy (non-hydrogen) atoms. The minimum Gasteiger partial charge on any atom is -0.0811 e. The summed E-state index contributed by atoms with van der Waals surface area (Å²) in [5.74, 6) is 23.6. The lowest BCUT2D eigenvalue weighted by Crippen LogP contribution is -2.49. The van der Waals surface area contributed by atoms with E-state index < -0.39 is 0 Å². The molecular formula is C78H130. The van der Waals surface area contributed by atoms with Gasteiger partial charge in [-0.15, -0.1) is 0 Å². The number of rotatable bonds is 12. The summed E-state index contributed by atoms with van der Waals surface area (Å²) >= 11 is 0. The SMILES string of the molecule is CC1CCC(C(=CC2C(C3CCCCC3)CC(C3CCC(C4CC(C5CCCCC5)C(C=C(C5CCC(C)CC5)C5CCC(C)CC5)C(C5CCCCC5)C4)C4CCCCC34)CC2C2CCCCC2)C2CCC(C)CC2)CC1. The summed E-state index contributed by atoms with van der Waals surface area (Å²) in [7, 11) is 0. The first-order valence-electron chi connectivity index (χ1n) is 37.7. The van der Waals surface area contributed by atoms with Gasteiger partial charge in [-0.3, -0.25) is 0 Å². The van der Waals surface area contributed by atoms with Crippen molar-refractivity contribution in [3.63, 3.8) is 0 Å². The second-order valence-electron chi connectivity index (χ2n) is 33.5. The van der Waals surface area contributed by atoms with E-state index in [0.29, 0.717) is 0 Å². The molecule has 12 rings (SSSR count). The molecule has 8 unspecified atom stereocenters. The molecule has 0 saturated heterocycles. The average Bonchev–Trinajstić information content (AvgIpc) is 3.51. The van der Waals surface area contributed by atoms with Crippen molar-refractivity contribution in [1.29, 1.82) is 0 Å². The first-order chi connectivity index (χ1) is 38.3. The molecule has 0 aromatic rings. The van der Waals surface area contributed by atoms with E-state index in [9.17, 15) is 0 Å². The third-order valence-corrected chi connectivity index (χ3v) is 29.0. The topological polar surface area (TPSA) is 0 Å². The van der Waals surface area contributed by atoms with E-state index in [2.05, 4.69) is 51.0 Å². The predicted molar refractivity (Wildman–Crippen MR) is 335 cm³/mol. The van der Waals surface area contributed by atoms with E-state index >= 15 is 0 Å². The highest BCUT2D eigenvalue weighted by Gasteiger charge is 2.54. The lowest BCUT2D eigenvalue weighted by Gasteiger charge is -2.57. The maximum Gasteiger partial charge on any atom is -0.0168 e.